The van der Waals surface area contributed by atoms with Crippen LogP contribution in [0.1, 0.15) is 10.4 Å². The lowest BCUT2D eigenvalue weighted by Gasteiger charge is -2.08. The fourth-order valence-electron chi connectivity index (χ4n) is 1.63. The second-order valence-corrected chi connectivity index (χ2v) is 5.26. The van der Waals surface area contributed by atoms with Crippen molar-refractivity contribution in [2.75, 3.05) is 11.9 Å². The van der Waals surface area contributed by atoms with Crippen LogP contribution in [0.25, 0.3) is 0 Å². The average molecular weight is 366 g/mol. The topological polar surface area (TPSA) is 62.1 Å². The molecular weight excluding hydrogens is 356 g/mol. The molecule has 0 aliphatic rings. The van der Waals surface area contributed by atoms with Gasteiger partial charge in [-0.05, 0) is 52.3 Å². The number of amides is 1. The van der Waals surface area contributed by atoms with Gasteiger partial charge in [-0.15, -0.1) is 0 Å². The lowest BCUT2D eigenvalue weighted by Crippen LogP contribution is -2.12. The first-order chi connectivity index (χ1) is 10.1. The van der Waals surface area contributed by atoms with Crippen molar-refractivity contribution in [2.45, 2.75) is 0 Å². The molecule has 21 heavy (non-hydrogen) atoms. The van der Waals surface area contributed by atoms with E-state index in [0.717, 1.165) is 0 Å². The van der Waals surface area contributed by atoms with Crippen LogP contribution >= 0.6 is 27.5 Å². The van der Waals surface area contributed by atoms with E-state index >= 15 is 0 Å². The number of carbonyl (C=O) groups excluding carboxylic acids is 1. The van der Waals surface area contributed by atoms with Crippen molar-refractivity contribution in [3.8, 4) is 11.8 Å². The first-order valence-electron chi connectivity index (χ1n) is 5.97. The van der Waals surface area contributed by atoms with Crippen molar-refractivity contribution in [3.05, 3.63) is 57.5 Å². The zero-order valence-corrected chi connectivity index (χ0v) is 13.1. The van der Waals surface area contributed by atoms with Crippen molar-refractivity contribution in [3.63, 3.8) is 0 Å². The molecule has 2 rings (SSSR count). The molecule has 0 fully saturated rings. The van der Waals surface area contributed by atoms with Gasteiger partial charge < -0.3 is 10.1 Å². The molecule has 0 heterocycles. The highest BCUT2D eigenvalue weighted by Gasteiger charge is 2.12. The molecule has 6 heteroatoms. The maximum atomic E-state index is 12.2. The van der Waals surface area contributed by atoms with Gasteiger partial charge in [0.15, 0.2) is 6.61 Å². The minimum absolute atomic E-state index is 0.0145. The van der Waals surface area contributed by atoms with Crippen molar-refractivity contribution in [2.24, 2.45) is 0 Å². The summed E-state index contributed by atoms with van der Waals surface area (Å²) in [6, 6.07) is 13.8. The number of halogens is 2. The summed E-state index contributed by atoms with van der Waals surface area (Å²) in [5.74, 6) is 0.266. The monoisotopic (exact) mass is 364 g/mol. The van der Waals surface area contributed by atoms with Crippen molar-refractivity contribution in [1.82, 2.24) is 0 Å². The Balaban J connectivity index is 2.09. The molecule has 0 atom stereocenters. The summed E-state index contributed by atoms with van der Waals surface area (Å²) in [5.41, 5.74) is 0.996. The van der Waals surface area contributed by atoms with Crippen LogP contribution in [-0.4, -0.2) is 12.5 Å². The van der Waals surface area contributed by atoms with Gasteiger partial charge in [0.25, 0.3) is 5.91 Å². The predicted octanol–water partition coefficient (Wildman–Crippen LogP) is 4.26. The van der Waals surface area contributed by atoms with Crippen LogP contribution in [0.5, 0.6) is 5.75 Å². The number of nitriles is 1. The molecule has 0 saturated heterocycles. The summed E-state index contributed by atoms with van der Waals surface area (Å²) in [5, 5.41) is 11.5. The van der Waals surface area contributed by atoms with E-state index in [0.29, 0.717) is 26.5 Å². The van der Waals surface area contributed by atoms with Crippen LogP contribution in [0.15, 0.2) is 46.9 Å². The van der Waals surface area contributed by atoms with Gasteiger partial charge in [-0.3, -0.25) is 4.79 Å². The first kappa shape index (κ1) is 15.4. The molecule has 106 valence electrons. The summed E-state index contributed by atoms with van der Waals surface area (Å²) >= 11 is 9.36. The Bertz CT molecular complexity index is 696. The standard InChI is InChI=1S/C15H10BrClN2O2/c16-13-3-1-2-12(14(13)17)15(20)19-10-4-6-11(7-5-10)21-9-8-18/h1-7H,9H2,(H,19,20). The maximum Gasteiger partial charge on any atom is 0.257 e. The molecule has 0 aliphatic heterocycles. The van der Waals surface area contributed by atoms with Gasteiger partial charge in [0.1, 0.15) is 11.8 Å². The molecular formula is C15H10BrClN2O2. The van der Waals surface area contributed by atoms with Gasteiger partial charge in [0.2, 0.25) is 0 Å². The van der Waals surface area contributed by atoms with Gasteiger partial charge in [-0.25, -0.2) is 0 Å². The van der Waals surface area contributed by atoms with E-state index < -0.39 is 0 Å². The lowest BCUT2D eigenvalue weighted by molar-refractivity contribution is 0.102. The minimum atomic E-state index is -0.299. The van der Waals surface area contributed by atoms with E-state index in [1.807, 2.05) is 6.07 Å². The molecule has 1 amide bonds. The minimum Gasteiger partial charge on any atom is -0.479 e. The smallest absolute Gasteiger partial charge is 0.257 e. The van der Waals surface area contributed by atoms with E-state index in [-0.39, 0.29) is 12.5 Å². The molecule has 1 N–H and O–H groups in total. The third-order valence-corrected chi connectivity index (χ3v) is 3.91. The number of anilines is 1. The molecule has 0 spiro atoms. The van der Waals surface area contributed by atoms with E-state index in [1.165, 1.54) is 0 Å². The third kappa shape index (κ3) is 3.97. The summed E-state index contributed by atoms with van der Waals surface area (Å²) in [7, 11) is 0. The normalized spacial score (nSPS) is 9.76. The average Bonchev–Trinajstić information content (AvgIpc) is 2.49. The number of ether oxygens (including phenoxy) is 1. The molecule has 0 unspecified atom stereocenters. The zero-order valence-electron chi connectivity index (χ0n) is 10.8. The first-order valence-corrected chi connectivity index (χ1v) is 7.14. The second kappa shape index (κ2) is 7.11. The number of hydrogen-bond donors (Lipinski definition) is 1. The summed E-state index contributed by atoms with van der Waals surface area (Å²) in [6.07, 6.45) is 0. The SMILES string of the molecule is N#CCOc1ccc(NC(=O)c2cccc(Br)c2Cl)cc1. The summed E-state index contributed by atoms with van der Waals surface area (Å²) in [4.78, 5) is 12.2. The fourth-order valence-corrected chi connectivity index (χ4v) is 2.21. The number of benzene rings is 2. The van der Waals surface area contributed by atoms with Crippen LogP contribution in [0, 0.1) is 11.3 Å². The van der Waals surface area contributed by atoms with Crippen molar-refractivity contribution < 1.29 is 9.53 Å². The highest BCUT2D eigenvalue weighted by molar-refractivity contribution is 9.10. The van der Waals surface area contributed by atoms with Crippen molar-refractivity contribution >= 4 is 39.1 Å². The summed E-state index contributed by atoms with van der Waals surface area (Å²) in [6.45, 7) is -0.0145. The van der Waals surface area contributed by atoms with Gasteiger partial charge in [0.05, 0.1) is 10.6 Å². The highest BCUT2D eigenvalue weighted by atomic mass is 79.9. The van der Waals surface area contributed by atoms with Crippen molar-refractivity contribution in [1.29, 1.82) is 5.26 Å². The zero-order chi connectivity index (χ0) is 15.2. The van der Waals surface area contributed by atoms with Gasteiger partial charge in [-0.1, -0.05) is 17.7 Å². The molecule has 0 radical (unpaired) electrons. The Kier molecular flexibility index (Phi) is 5.20. The number of nitrogens with zero attached hydrogens (tertiary/aromatic N) is 1. The highest BCUT2D eigenvalue weighted by Crippen LogP contribution is 2.26. The number of hydrogen-bond acceptors (Lipinski definition) is 3. The number of rotatable bonds is 4. The number of carbonyl (C=O) groups is 1. The van der Waals surface area contributed by atoms with E-state index in [1.54, 1.807) is 42.5 Å². The Hall–Kier alpha value is -2.03. The van der Waals surface area contributed by atoms with Crippen LogP contribution < -0.4 is 10.1 Å². The molecule has 2 aromatic rings. The molecule has 0 aliphatic carbocycles. The lowest BCUT2D eigenvalue weighted by atomic mass is 10.2. The Labute approximate surface area is 135 Å². The quantitative estimate of drug-likeness (QED) is 0.880. The van der Waals surface area contributed by atoms with Gasteiger partial charge >= 0.3 is 0 Å². The molecule has 4 nitrogen and oxygen atoms in total. The van der Waals surface area contributed by atoms with Crippen LogP contribution in [0.2, 0.25) is 5.02 Å². The largest absolute Gasteiger partial charge is 0.479 e. The Morgan fingerprint density at radius 1 is 1.29 bits per heavy atom. The van der Waals surface area contributed by atoms with Crippen LogP contribution in [-0.2, 0) is 0 Å². The molecule has 0 aromatic heterocycles. The van der Waals surface area contributed by atoms with E-state index in [4.69, 9.17) is 21.6 Å². The molecule has 0 bridgehead atoms. The molecule has 0 saturated carbocycles. The van der Waals surface area contributed by atoms with Crippen LogP contribution in [0.4, 0.5) is 5.69 Å². The summed E-state index contributed by atoms with van der Waals surface area (Å²) < 4.78 is 5.80. The van der Waals surface area contributed by atoms with Crippen LogP contribution in [0.3, 0.4) is 0 Å². The third-order valence-electron chi connectivity index (χ3n) is 2.61. The van der Waals surface area contributed by atoms with E-state index in [9.17, 15) is 4.79 Å². The van der Waals surface area contributed by atoms with Gasteiger partial charge in [-0.2, -0.15) is 5.26 Å². The Morgan fingerprint density at radius 3 is 2.67 bits per heavy atom. The number of nitrogens with one attached hydrogen (secondary N) is 1. The predicted molar refractivity (Wildman–Crippen MR) is 84.7 cm³/mol. The van der Waals surface area contributed by atoms with Gasteiger partial charge in [0, 0.05) is 10.2 Å². The fraction of sp³-hybridized carbons (Fsp3) is 0.0667. The Morgan fingerprint density at radius 2 is 2.00 bits per heavy atom. The maximum absolute atomic E-state index is 12.2. The van der Waals surface area contributed by atoms with E-state index in [2.05, 4.69) is 21.2 Å². The second-order valence-electron chi connectivity index (χ2n) is 4.03. The molecule has 2 aromatic carbocycles.